The van der Waals surface area contributed by atoms with Gasteiger partial charge in [-0.25, -0.2) is 9.35 Å². The minimum atomic E-state index is -1.51. The number of benzene rings is 1. The fraction of sp³-hybridized carbons (Fsp3) is 0.143. The van der Waals surface area contributed by atoms with E-state index < -0.39 is 11.0 Å². The van der Waals surface area contributed by atoms with Crippen molar-refractivity contribution in [2.75, 3.05) is 7.11 Å². The van der Waals surface area contributed by atoms with Crippen LogP contribution in [0.3, 0.4) is 0 Å². The van der Waals surface area contributed by atoms with Gasteiger partial charge >= 0.3 is 0 Å². The molecule has 0 aliphatic carbocycles. The van der Waals surface area contributed by atoms with Gasteiger partial charge in [-0.2, -0.15) is 0 Å². The molecule has 2 N–H and O–H groups in total. The first-order chi connectivity index (χ1) is 5.65. The lowest BCUT2D eigenvalue weighted by Crippen LogP contribution is -2.04. The number of rotatable bonds is 2. The van der Waals surface area contributed by atoms with E-state index in [-0.39, 0.29) is 1.43 Å². The second-order valence-electron chi connectivity index (χ2n) is 2.09. The van der Waals surface area contributed by atoms with Crippen LogP contribution in [0.15, 0.2) is 27.6 Å². The van der Waals surface area contributed by atoms with Crippen molar-refractivity contribution < 1.29 is 10.4 Å². The van der Waals surface area contributed by atoms with Crippen molar-refractivity contribution in [3.8, 4) is 5.75 Å². The predicted molar refractivity (Wildman–Crippen MR) is 53.4 cm³/mol. The molecule has 1 unspecified atom stereocenters. The molecule has 0 aromatic heterocycles. The number of hydrogen-bond donors (Lipinski definition) is 1. The standard InChI is InChI=1S/C7H8BrNO2S.H2/c1-11-6-3-2-5(8)4-7(6)12(9)10;/h2-4H,9H2,1H3;1H. The van der Waals surface area contributed by atoms with Gasteiger partial charge in [-0.05, 0) is 18.2 Å². The molecule has 0 fully saturated rings. The van der Waals surface area contributed by atoms with E-state index in [2.05, 4.69) is 15.9 Å². The van der Waals surface area contributed by atoms with Crippen LogP contribution in [-0.4, -0.2) is 11.3 Å². The zero-order valence-electron chi connectivity index (χ0n) is 6.41. The molecule has 1 aromatic rings. The lowest BCUT2D eigenvalue weighted by Gasteiger charge is -2.04. The van der Waals surface area contributed by atoms with Crippen molar-refractivity contribution in [2.45, 2.75) is 4.90 Å². The van der Waals surface area contributed by atoms with E-state index in [0.29, 0.717) is 10.6 Å². The zero-order chi connectivity index (χ0) is 9.14. The summed E-state index contributed by atoms with van der Waals surface area (Å²) in [6.07, 6.45) is 0. The van der Waals surface area contributed by atoms with E-state index in [4.69, 9.17) is 9.88 Å². The normalized spacial score (nSPS) is 12.6. The lowest BCUT2D eigenvalue weighted by atomic mass is 10.3. The van der Waals surface area contributed by atoms with Crippen molar-refractivity contribution in [1.29, 1.82) is 0 Å². The van der Waals surface area contributed by atoms with Crippen LogP contribution >= 0.6 is 15.9 Å². The topological polar surface area (TPSA) is 52.3 Å². The molecule has 68 valence electrons. The second kappa shape index (κ2) is 4.02. The van der Waals surface area contributed by atoms with E-state index >= 15 is 0 Å². The number of nitrogens with two attached hydrogens (primary N) is 1. The number of methoxy groups -OCH3 is 1. The van der Waals surface area contributed by atoms with E-state index in [1.165, 1.54) is 7.11 Å². The van der Waals surface area contributed by atoms with Crippen molar-refractivity contribution in [3.05, 3.63) is 22.7 Å². The SMILES string of the molecule is COc1ccc(Br)cc1S(N)=O.[HH]. The van der Waals surface area contributed by atoms with Gasteiger partial charge in [0, 0.05) is 5.90 Å². The molecule has 0 aliphatic rings. The molecule has 0 radical (unpaired) electrons. The highest BCUT2D eigenvalue weighted by Crippen LogP contribution is 2.24. The summed E-state index contributed by atoms with van der Waals surface area (Å²) in [6, 6.07) is 5.19. The molecule has 0 aliphatic heterocycles. The average molecular weight is 252 g/mol. The van der Waals surface area contributed by atoms with Crippen LogP contribution in [0.25, 0.3) is 0 Å². The molecule has 3 nitrogen and oxygen atoms in total. The molecule has 0 saturated carbocycles. The smallest absolute Gasteiger partial charge is 0.136 e. The summed E-state index contributed by atoms with van der Waals surface area (Å²) in [7, 11) is 0.00783. The van der Waals surface area contributed by atoms with Crippen molar-refractivity contribution in [3.63, 3.8) is 0 Å². The van der Waals surface area contributed by atoms with Gasteiger partial charge in [-0.1, -0.05) is 15.9 Å². The third-order valence-corrected chi connectivity index (χ3v) is 2.59. The summed E-state index contributed by atoms with van der Waals surface area (Å²) in [5.74, 6) is 0.541. The van der Waals surface area contributed by atoms with E-state index in [1.54, 1.807) is 18.2 Å². The largest absolute Gasteiger partial charge is 0.495 e. The first kappa shape index (κ1) is 9.70. The van der Waals surface area contributed by atoms with E-state index in [0.717, 1.165) is 4.47 Å². The quantitative estimate of drug-likeness (QED) is 0.870. The molecule has 0 saturated heterocycles. The van der Waals surface area contributed by atoms with Crippen molar-refractivity contribution in [2.24, 2.45) is 5.14 Å². The highest BCUT2D eigenvalue weighted by atomic mass is 79.9. The van der Waals surface area contributed by atoms with Crippen LogP contribution in [0.4, 0.5) is 0 Å². The molecule has 5 heteroatoms. The monoisotopic (exact) mass is 251 g/mol. The molecule has 0 heterocycles. The Morgan fingerprint density at radius 3 is 2.83 bits per heavy atom. The summed E-state index contributed by atoms with van der Waals surface area (Å²) < 4.78 is 16.8. The van der Waals surface area contributed by atoms with Gasteiger partial charge in [0.25, 0.3) is 0 Å². The maximum atomic E-state index is 11.0. The van der Waals surface area contributed by atoms with Gasteiger partial charge in [0.1, 0.15) is 16.7 Å². The van der Waals surface area contributed by atoms with E-state index in [9.17, 15) is 4.21 Å². The molecule has 1 aromatic carbocycles. The van der Waals surface area contributed by atoms with Crippen LogP contribution in [0.5, 0.6) is 5.75 Å². The predicted octanol–water partition coefficient (Wildman–Crippen LogP) is 1.69. The van der Waals surface area contributed by atoms with Gasteiger partial charge in [0.15, 0.2) is 0 Å². The Hall–Kier alpha value is -0.390. The Morgan fingerprint density at radius 2 is 2.33 bits per heavy atom. The number of halogens is 1. The molecular formula is C7H10BrNO2S. The van der Waals surface area contributed by atoms with Crippen LogP contribution in [0, 0.1) is 0 Å². The maximum Gasteiger partial charge on any atom is 0.136 e. The summed E-state index contributed by atoms with van der Waals surface area (Å²) in [5.41, 5.74) is 0. The van der Waals surface area contributed by atoms with Gasteiger partial charge < -0.3 is 4.74 Å². The highest BCUT2D eigenvalue weighted by Gasteiger charge is 2.06. The minimum absolute atomic E-state index is 0. The second-order valence-corrected chi connectivity index (χ2v) is 4.04. The Bertz CT molecular complexity index is 321. The van der Waals surface area contributed by atoms with Gasteiger partial charge in [-0.15, -0.1) is 0 Å². The van der Waals surface area contributed by atoms with Crippen LogP contribution in [-0.2, 0) is 11.0 Å². The molecular weight excluding hydrogens is 242 g/mol. The zero-order valence-corrected chi connectivity index (χ0v) is 8.81. The molecule has 12 heavy (non-hydrogen) atoms. The molecule has 0 spiro atoms. The summed E-state index contributed by atoms with van der Waals surface area (Å²) in [4.78, 5) is 0.492. The summed E-state index contributed by atoms with van der Waals surface area (Å²) >= 11 is 3.25. The molecule has 1 rings (SSSR count). The Labute approximate surface area is 83.1 Å². The summed E-state index contributed by atoms with van der Waals surface area (Å²) in [5, 5.41) is 5.23. The Morgan fingerprint density at radius 1 is 1.67 bits per heavy atom. The Kier molecular flexibility index (Phi) is 3.25. The lowest BCUT2D eigenvalue weighted by molar-refractivity contribution is 0.404. The van der Waals surface area contributed by atoms with Crippen LogP contribution in [0.1, 0.15) is 1.43 Å². The highest BCUT2D eigenvalue weighted by molar-refractivity contribution is 9.10. The average Bonchev–Trinajstić information content (AvgIpc) is 2.04. The fourth-order valence-corrected chi connectivity index (χ4v) is 1.91. The number of ether oxygens (including phenoxy) is 1. The van der Waals surface area contributed by atoms with Crippen molar-refractivity contribution in [1.82, 2.24) is 0 Å². The molecule has 1 atom stereocenters. The molecule has 0 bridgehead atoms. The van der Waals surface area contributed by atoms with Gasteiger partial charge in [0.2, 0.25) is 0 Å². The minimum Gasteiger partial charge on any atom is -0.495 e. The van der Waals surface area contributed by atoms with Crippen LogP contribution in [0.2, 0.25) is 0 Å². The van der Waals surface area contributed by atoms with Gasteiger partial charge in [-0.3, -0.25) is 0 Å². The molecule has 0 amide bonds. The third-order valence-electron chi connectivity index (χ3n) is 1.34. The van der Waals surface area contributed by atoms with Gasteiger partial charge in [0.05, 0.1) is 12.0 Å². The maximum absolute atomic E-state index is 11.0. The first-order valence-corrected chi connectivity index (χ1v) is 5.15. The first-order valence-electron chi connectivity index (χ1n) is 3.15. The van der Waals surface area contributed by atoms with Crippen LogP contribution < -0.4 is 9.88 Å². The number of hydrogen-bond acceptors (Lipinski definition) is 2. The summed E-state index contributed by atoms with van der Waals surface area (Å²) in [6.45, 7) is 0. The van der Waals surface area contributed by atoms with Crippen molar-refractivity contribution >= 4 is 26.9 Å². The van der Waals surface area contributed by atoms with E-state index in [1.807, 2.05) is 0 Å². The Balaban J connectivity index is 0.00000144. The third kappa shape index (κ3) is 2.06. The fourth-order valence-electron chi connectivity index (χ4n) is 0.808.